The lowest BCUT2D eigenvalue weighted by Crippen LogP contribution is -2.10. The van der Waals surface area contributed by atoms with Gasteiger partial charge in [-0.3, -0.25) is 0 Å². The van der Waals surface area contributed by atoms with E-state index >= 15 is 0 Å². The molecule has 0 saturated carbocycles. The standard InChI is InChI=1S/C21H23N/c1-21(2,3)20-11-9-18(10-12-20)19-13-14-22(16-19)15-17-7-5-4-6-8-17/h4-14,16H,15H2,1-3H3. The molecule has 0 aliphatic carbocycles. The second-order valence-electron chi connectivity index (χ2n) is 6.89. The Morgan fingerprint density at radius 1 is 0.773 bits per heavy atom. The first kappa shape index (κ1) is 14.6. The Labute approximate surface area is 133 Å². The van der Waals surface area contributed by atoms with Gasteiger partial charge in [0.1, 0.15) is 0 Å². The van der Waals surface area contributed by atoms with Crippen molar-refractivity contribution in [3.8, 4) is 11.1 Å². The van der Waals surface area contributed by atoms with Crippen LogP contribution in [0.25, 0.3) is 11.1 Å². The predicted octanol–water partition coefficient (Wildman–Crippen LogP) is 5.50. The second-order valence-corrected chi connectivity index (χ2v) is 6.89. The van der Waals surface area contributed by atoms with E-state index in [2.05, 4.69) is 98.4 Å². The minimum atomic E-state index is 0.206. The van der Waals surface area contributed by atoms with Crippen LogP contribution in [0.5, 0.6) is 0 Å². The topological polar surface area (TPSA) is 4.93 Å². The highest BCUT2D eigenvalue weighted by Crippen LogP contribution is 2.26. The van der Waals surface area contributed by atoms with Crippen molar-refractivity contribution in [1.82, 2.24) is 4.57 Å². The molecule has 0 unspecified atom stereocenters. The van der Waals surface area contributed by atoms with Crippen LogP contribution in [0, 0.1) is 0 Å². The highest BCUT2D eigenvalue weighted by atomic mass is 14.9. The summed E-state index contributed by atoms with van der Waals surface area (Å²) < 4.78 is 2.24. The third-order valence-corrected chi connectivity index (χ3v) is 4.04. The van der Waals surface area contributed by atoms with Gasteiger partial charge in [-0.2, -0.15) is 0 Å². The first-order valence-electron chi connectivity index (χ1n) is 7.83. The average Bonchev–Trinajstić information content (AvgIpc) is 2.96. The van der Waals surface area contributed by atoms with E-state index in [4.69, 9.17) is 0 Å². The van der Waals surface area contributed by atoms with Crippen molar-refractivity contribution in [1.29, 1.82) is 0 Å². The van der Waals surface area contributed by atoms with Crippen molar-refractivity contribution < 1.29 is 0 Å². The molecule has 1 aromatic heterocycles. The molecule has 0 bridgehead atoms. The number of hydrogen-bond acceptors (Lipinski definition) is 0. The highest BCUT2D eigenvalue weighted by molar-refractivity contribution is 5.63. The third kappa shape index (κ3) is 3.30. The van der Waals surface area contributed by atoms with Crippen LogP contribution in [0.4, 0.5) is 0 Å². The Hall–Kier alpha value is -2.28. The smallest absolute Gasteiger partial charge is 0.0470 e. The largest absolute Gasteiger partial charge is 0.349 e. The van der Waals surface area contributed by atoms with Crippen molar-refractivity contribution in [2.45, 2.75) is 32.7 Å². The maximum atomic E-state index is 2.25. The van der Waals surface area contributed by atoms with E-state index in [0.717, 1.165) is 6.54 Å². The van der Waals surface area contributed by atoms with Crippen LogP contribution in [0.1, 0.15) is 31.9 Å². The summed E-state index contributed by atoms with van der Waals surface area (Å²) in [5.74, 6) is 0. The summed E-state index contributed by atoms with van der Waals surface area (Å²) >= 11 is 0. The summed E-state index contributed by atoms with van der Waals surface area (Å²) in [5, 5.41) is 0. The van der Waals surface area contributed by atoms with E-state index in [1.807, 2.05) is 0 Å². The Morgan fingerprint density at radius 2 is 1.45 bits per heavy atom. The molecule has 0 spiro atoms. The van der Waals surface area contributed by atoms with Crippen LogP contribution in [0.2, 0.25) is 0 Å². The van der Waals surface area contributed by atoms with Gasteiger partial charge in [-0.05, 0) is 33.7 Å². The van der Waals surface area contributed by atoms with Crippen molar-refractivity contribution >= 4 is 0 Å². The third-order valence-electron chi connectivity index (χ3n) is 4.04. The van der Waals surface area contributed by atoms with Gasteiger partial charge in [0.05, 0.1) is 0 Å². The lowest BCUT2D eigenvalue weighted by Gasteiger charge is -2.19. The van der Waals surface area contributed by atoms with Gasteiger partial charge < -0.3 is 4.57 Å². The number of aromatic nitrogens is 1. The Kier molecular flexibility index (Phi) is 3.89. The van der Waals surface area contributed by atoms with E-state index in [9.17, 15) is 0 Å². The molecule has 0 amide bonds. The first-order valence-corrected chi connectivity index (χ1v) is 7.83. The summed E-state index contributed by atoms with van der Waals surface area (Å²) in [4.78, 5) is 0. The van der Waals surface area contributed by atoms with Crippen LogP contribution in [0.15, 0.2) is 73.1 Å². The molecule has 0 aliphatic rings. The van der Waals surface area contributed by atoms with Gasteiger partial charge in [-0.1, -0.05) is 75.4 Å². The zero-order valence-corrected chi connectivity index (χ0v) is 13.6. The van der Waals surface area contributed by atoms with Crippen molar-refractivity contribution in [3.63, 3.8) is 0 Å². The Morgan fingerprint density at radius 3 is 2.09 bits per heavy atom. The zero-order chi connectivity index (χ0) is 15.6. The summed E-state index contributed by atoms with van der Waals surface area (Å²) in [6.45, 7) is 7.66. The minimum Gasteiger partial charge on any atom is -0.349 e. The number of nitrogens with zero attached hydrogens (tertiary/aromatic N) is 1. The summed E-state index contributed by atoms with van der Waals surface area (Å²) in [6.07, 6.45) is 4.37. The SMILES string of the molecule is CC(C)(C)c1ccc(-c2ccn(Cc3ccccc3)c2)cc1. The highest BCUT2D eigenvalue weighted by Gasteiger charge is 2.13. The Bertz CT molecular complexity index is 728. The van der Waals surface area contributed by atoms with E-state index in [1.165, 1.54) is 22.3 Å². The molecule has 2 aromatic carbocycles. The van der Waals surface area contributed by atoms with Crippen LogP contribution >= 0.6 is 0 Å². The van der Waals surface area contributed by atoms with E-state index in [1.54, 1.807) is 0 Å². The maximum absolute atomic E-state index is 2.25. The monoisotopic (exact) mass is 289 g/mol. The van der Waals surface area contributed by atoms with Gasteiger partial charge in [-0.25, -0.2) is 0 Å². The fourth-order valence-corrected chi connectivity index (χ4v) is 2.67. The molecule has 3 aromatic rings. The quantitative estimate of drug-likeness (QED) is 0.600. The molecular formula is C21H23N. The van der Waals surface area contributed by atoms with Crippen LogP contribution in [-0.4, -0.2) is 4.57 Å². The van der Waals surface area contributed by atoms with Gasteiger partial charge in [-0.15, -0.1) is 0 Å². The predicted molar refractivity (Wildman–Crippen MR) is 94.1 cm³/mol. The molecule has 112 valence electrons. The summed E-state index contributed by atoms with van der Waals surface area (Å²) in [7, 11) is 0. The average molecular weight is 289 g/mol. The molecule has 1 heterocycles. The van der Waals surface area contributed by atoms with Crippen LogP contribution < -0.4 is 0 Å². The molecule has 1 heteroatoms. The lowest BCUT2D eigenvalue weighted by atomic mass is 9.86. The van der Waals surface area contributed by atoms with Gasteiger partial charge in [0.15, 0.2) is 0 Å². The fraction of sp³-hybridized carbons (Fsp3) is 0.238. The van der Waals surface area contributed by atoms with E-state index in [-0.39, 0.29) is 5.41 Å². The molecule has 1 nitrogen and oxygen atoms in total. The van der Waals surface area contributed by atoms with Crippen LogP contribution in [0.3, 0.4) is 0 Å². The van der Waals surface area contributed by atoms with Gasteiger partial charge in [0.2, 0.25) is 0 Å². The van der Waals surface area contributed by atoms with E-state index in [0.29, 0.717) is 0 Å². The van der Waals surface area contributed by atoms with Crippen LogP contribution in [-0.2, 0) is 12.0 Å². The van der Waals surface area contributed by atoms with E-state index < -0.39 is 0 Å². The molecule has 22 heavy (non-hydrogen) atoms. The van der Waals surface area contributed by atoms with Gasteiger partial charge in [0.25, 0.3) is 0 Å². The minimum absolute atomic E-state index is 0.206. The molecule has 3 rings (SSSR count). The number of hydrogen-bond donors (Lipinski definition) is 0. The molecule has 0 aliphatic heterocycles. The fourth-order valence-electron chi connectivity index (χ4n) is 2.67. The van der Waals surface area contributed by atoms with Crippen molar-refractivity contribution in [2.75, 3.05) is 0 Å². The molecule has 0 saturated heterocycles. The second kappa shape index (κ2) is 5.84. The summed E-state index contributed by atoms with van der Waals surface area (Å²) in [6, 6.07) is 21.7. The normalized spacial score (nSPS) is 11.6. The number of rotatable bonds is 3. The lowest BCUT2D eigenvalue weighted by molar-refractivity contribution is 0.590. The molecule has 0 atom stereocenters. The molecule has 0 N–H and O–H groups in total. The Balaban J connectivity index is 1.79. The van der Waals surface area contributed by atoms with Crippen molar-refractivity contribution in [2.24, 2.45) is 0 Å². The molecule has 0 radical (unpaired) electrons. The van der Waals surface area contributed by atoms with Gasteiger partial charge in [0, 0.05) is 18.9 Å². The summed E-state index contributed by atoms with van der Waals surface area (Å²) in [5.41, 5.74) is 5.46. The molecular weight excluding hydrogens is 266 g/mol. The zero-order valence-electron chi connectivity index (χ0n) is 13.6. The van der Waals surface area contributed by atoms with Crippen molar-refractivity contribution in [3.05, 3.63) is 84.2 Å². The molecule has 0 fully saturated rings. The maximum Gasteiger partial charge on any atom is 0.0470 e. The van der Waals surface area contributed by atoms with Gasteiger partial charge >= 0.3 is 0 Å². The number of benzene rings is 2. The first-order chi connectivity index (χ1) is 10.5.